The number of aromatic amines is 12. The van der Waals surface area contributed by atoms with Gasteiger partial charge in [-0.3, -0.25) is 0 Å². The van der Waals surface area contributed by atoms with E-state index >= 15 is 0 Å². The normalized spacial score (nSPS) is 9.58. The second-order valence-corrected chi connectivity index (χ2v) is 15.5. The Hall–Kier alpha value is -12.2. The largest absolute Gasteiger partial charge is 2.00 e. The molecule has 0 radical (unpaired) electrons. The van der Waals surface area contributed by atoms with Gasteiger partial charge in [-0.25, -0.2) is 59.8 Å². The van der Waals surface area contributed by atoms with Crippen molar-refractivity contribution < 1.29 is 72.6 Å². The van der Waals surface area contributed by atoms with Crippen LogP contribution in [-0.2, 0) is 33.0 Å². The van der Waals surface area contributed by atoms with Crippen molar-refractivity contribution in [3.05, 3.63) is 220 Å². The van der Waals surface area contributed by atoms with Crippen molar-refractivity contribution in [3.63, 3.8) is 0 Å². The molecule has 0 aliphatic carbocycles. The predicted octanol–water partition coefficient (Wildman–Crippen LogP) is 1.62. The molecule has 0 bridgehead atoms. The van der Waals surface area contributed by atoms with Gasteiger partial charge in [0, 0.05) is 171 Å². The Balaban J connectivity index is 0.000000179. The number of hydrogen-bond donors (Lipinski definition) is 12. The smallest absolute Gasteiger partial charge is 0.545 e. The standard InChI is InChI=1S/2C8H6O4.6C6H6N4.2Ni/c2*9-7(10)5-3-1-2-4-6(5)8(11)12;6*1-2-8-5(7-1)6-9-3-4-10-6;;/h2*1-4H,(H,9,10)(H,11,12);6*1-4H,(H,7,8)(H,9,10);;/q;;;;;;;;2*+2/p-4. The molecular weight excluding hydrogens is 1210 g/mol. The van der Waals surface area contributed by atoms with E-state index in [1.54, 1.807) is 149 Å². The molecule has 14 rings (SSSR count). The fourth-order valence-corrected chi connectivity index (χ4v) is 6.42. The number of nitrogens with zero attached hydrogens (tertiary/aromatic N) is 12. The second-order valence-electron chi connectivity index (χ2n) is 15.5. The molecular formula is C52H44N24Ni2O8. The number of imidazole rings is 12. The van der Waals surface area contributed by atoms with Crippen LogP contribution in [0.1, 0.15) is 41.4 Å². The van der Waals surface area contributed by atoms with Gasteiger partial charge in [0.25, 0.3) is 0 Å². The van der Waals surface area contributed by atoms with Crippen molar-refractivity contribution in [3.8, 4) is 69.9 Å². The molecule has 86 heavy (non-hydrogen) atoms. The summed E-state index contributed by atoms with van der Waals surface area (Å²) in [5.41, 5.74) is -1.45. The molecule has 0 saturated carbocycles. The van der Waals surface area contributed by atoms with Crippen molar-refractivity contribution in [1.82, 2.24) is 120 Å². The molecule has 0 saturated heterocycles. The minimum Gasteiger partial charge on any atom is -0.545 e. The summed E-state index contributed by atoms with van der Waals surface area (Å²) in [4.78, 5) is 125. The van der Waals surface area contributed by atoms with Gasteiger partial charge >= 0.3 is 33.0 Å². The number of carboxylic acid groups (broad SMARTS) is 4. The molecule has 12 N–H and O–H groups in total. The summed E-state index contributed by atoms with van der Waals surface area (Å²) in [7, 11) is 0. The molecule has 32 nitrogen and oxygen atoms in total. The van der Waals surface area contributed by atoms with Crippen molar-refractivity contribution in [2.24, 2.45) is 0 Å². The van der Waals surface area contributed by atoms with Crippen LogP contribution in [0.25, 0.3) is 69.9 Å². The van der Waals surface area contributed by atoms with E-state index in [2.05, 4.69) is 120 Å². The van der Waals surface area contributed by atoms with E-state index in [9.17, 15) is 39.6 Å². The zero-order valence-electron chi connectivity index (χ0n) is 43.7. The number of nitrogens with one attached hydrogen (secondary N) is 12. The fraction of sp³-hybridized carbons (Fsp3) is 0. The topological polar surface area (TPSA) is 505 Å². The van der Waals surface area contributed by atoms with Gasteiger partial charge in [0.1, 0.15) is 0 Å². The molecule has 34 heteroatoms. The zero-order chi connectivity index (χ0) is 59.1. The van der Waals surface area contributed by atoms with E-state index in [0.717, 1.165) is 94.2 Å². The number of carboxylic acids is 4. The van der Waals surface area contributed by atoms with Crippen LogP contribution in [0.3, 0.4) is 0 Å². The molecule has 0 aliphatic rings. The third kappa shape index (κ3) is 20.1. The number of rotatable bonds is 10. The molecule has 12 heterocycles. The maximum absolute atomic E-state index is 10.3. The summed E-state index contributed by atoms with van der Waals surface area (Å²) in [6, 6.07) is 10.3. The van der Waals surface area contributed by atoms with Crippen LogP contribution in [0.4, 0.5) is 0 Å². The number of hydrogen-bond acceptors (Lipinski definition) is 20. The molecule has 0 spiro atoms. The van der Waals surface area contributed by atoms with Crippen molar-refractivity contribution >= 4 is 23.9 Å². The summed E-state index contributed by atoms with van der Waals surface area (Å²) < 4.78 is 0. The van der Waals surface area contributed by atoms with Gasteiger partial charge in [0.15, 0.2) is 69.9 Å². The first kappa shape index (κ1) is 64.6. The Labute approximate surface area is 503 Å². The monoisotopic (exact) mass is 1250 g/mol. The van der Waals surface area contributed by atoms with Crippen molar-refractivity contribution in [2.45, 2.75) is 0 Å². The second kappa shape index (κ2) is 34.9. The van der Waals surface area contributed by atoms with Gasteiger partial charge < -0.3 is 99.4 Å². The molecule has 2 aromatic carbocycles. The molecule has 12 aromatic heterocycles. The number of aromatic nitrogens is 24. The van der Waals surface area contributed by atoms with Crippen LogP contribution in [0.5, 0.6) is 0 Å². The quantitative estimate of drug-likeness (QED) is 0.0866. The summed E-state index contributed by atoms with van der Waals surface area (Å²) >= 11 is 0. The summed E-state index contributed by atoms with van der Waals surface area (Å²) in [5, 5.41) is 41.3. The Kier molecular flexibility index (Phi) is 26.2. The predicted molar refractivity (Wildman–Crippen MR) is 287 cm³/mol. The van der Waals surface area contributed by atoms with E-state index in [-0.39, 0.29) is 55.2 Å². The average molecular weight is 1250 g/mol. The summed E-state index contributed by atoms with van der Waals surface area (Å²) in [6.45, 7) is 0. The fourth-order valence-electron chi connectivity index (χ4n) is 6.42. The zero-order valence-corrected chi connectivity index (χ0v) is 45.7. The van der Waals surface area contributed by atoms with Gasteiger partial charge in [-0.1, -0.05) is 48.5 Å². The third-order valence-corrected chi connectivity index (χ3v) is 10.1. The van der Waals surface area contributed by atoms with Gasteiger partial charge in [-0.15, -0.1) is 0 Å². The van der Waals surface area contributed by atoms with Gasteiger partial charge in [-0.2, -0.15) is 0 Å². The number of carbonyl (C=O) groups excluding carboxylic acids is 4. The van der Waals surface area contributed by atoms with Gasteiger partial charge in [0.2, 0.25) is 0 Å². The average Bonchev–Trinajstić information content (AvgIpc) is 4.42. The summed E-state index contributed by atoms with van der Waals surface area (Å²) in [5.74, 6) is 3.15. The minimum absolute atomic E-state index is 0. The van der Waals surface area contributed by atoms with E-state index in [0.29, 0.717) is 0 Å². The maximum atomic E-state index is 10.3. The van der Waals surface area contributed by atoms with Gasteiger partial charge in [0.05, 0.1) is 23.9 Å². The molecule has 0 unspecified atom stereocenters. The van der Waals surface area contributed by atoms with E-state index < -0.39 is 23.9 Å². The number of H-pyrrole nitrogens is 12. The minimum atomic E-state index is -1.52. The molecule has 0 fully saturated rings. The van der Waals surface area contributed by atoms with Crippen LogP contribution < -0.4 is 20.4 Å². The first-order valence-corrected chi connectivity index (χ1v) is 24.0. The van der Waals surface area contributed by atoms with Gasteiger partial charge in [-0.05, 0) is 0 Å². The van der Waals surface area contributed by atoms with Crippen LogP contribution in [0.2, 0.25) is 0 Å². The first-order chi connectivity index (χ1) is 41.0. The number of carbonyl (C=O) groups is 4. The Morgan fingerprint density at radius 2 is 0.326 bits per heavy atom. The van der Waals surface area contributed by atoms with Crippen molar-refractivity contribution in [2.75, 3.05) is 0 Å². The van der Waals surface area contributed by atoms with E-state index in [1.807, 2.05) is 0 Å². The SMILES string of the molecule is O=C([O-])c1ccccc1C(=O)[O-].O=C([O-])c1ccccc1C(=O)[O-].[Ni+2].[Ni+2].c1c[nH]c(-c2ncc[nH]2)n1.c1c[nH]c(-c2ncc[nH]2)n1.c1c[nH]c(-c2ncc[nH]2)n1.c1c[nH]c(-c2ncc[nH]2)n1.c1c[nH]c(-c2ncc[nH]2)n1.c1c[nH]c(-c2ncc[nH]2)n1. The summed E-state index contributed by atoms with van der Waals surface area (Å²) in [6.07, 6.45) is 41.4. The Morgan fingerprint density at radius 1 is 0.221 bits per heavy atom. The first-order valence-electron chi connectivity index (χ1n) is 24.0. The van der Waals surface area contributed by atoms with Crippen LogP contribution in [0, 0.1) is 0 Å². The van der Waals surface area contributed by atoms with Crippen LogP contribution >= 0.6 is 0 Å². The Morgan fingerprint density at radius 3 is 0.395 bits per heavy atom. The molecule has 14 aromatic rings. The van der Waals surface area contributed by atoms with E-state index in [4.69, 9.17) is 0 Å². The molecule has 0 amide bonds. The Bertz CT molecular complexity index is 3130. The molecule has 0 atom stereocenters. The van der Waals surface area contributed by atoms with Crippen molar-refractivity contribution in [1.29, 1.82) is 0 Å². The number of benzene rings is 2. The van der Waals surface area contributed by atoms with E-state index in [1.165, 1.54) is 24.3 Å². The van der Waals surface area contributed by atoms with Crippen LogP contribution in [0.15, 0.2) is 197 Å². The maximum Gasteiger partial charge on any atom is 2.00 e. The number of aromatic carboxylic acids is 4. The third-order valence-electron chi connectivity index (χ3n) is 10.1. The van der Waals surface area contributed by atoms with Crippen LogP contribution in [-0.4, -0.2) is 143 Å². The molecule has 440 valence electrons. The molecule has 0 aliphatic heterocycles.